The predicted octanol–water partition coefficient (Wildman–Crippen LogP) is 1.40. The molecule has 58 valence electrons. The van der Waals surface area contributed by atoms with Crippen LogP contribution in [0, 0.1) is 0 Å². The van der Waals surface area contributed by atoms with Gasteiger partial charge >= 0.3 is 5.97 Å². The number of hydrogen-bond donors (Lipinski definition) is 1. The van der Waals surface area contributed by atoms with E-state index in [-0.39, 0.29) is 5.76 Å². The van der Waals surface area contributed by atoms with Gasteiger partial charge in [-0.25, -0.2) is 4.79 Å². The summed E-state index contributed by atoms with van der Waals surface area (Å²) in [4.78, 5) is 10.2. The van der Waals surface area contributed by atoms with Gasteiger partial charge < -0.3 is 9.84 Å². The lowest BCUT2D eigenvalue weighted by molar-refractivity contribution is -0.136. The highest BCUT2D eigenvalue weighted by Gasteiger charge is 2.04. The van der Waals surface area contributed by atoms with E-state index in [0.717, 1.165) is 6.42 Å². The molecule has 0 aliphatic carbocycles. The van der Waals surface area contributed by atoms with Crippen molar-refractivity contribution in [2.75, 3.05) is 6.61 Å². The number of carboxylic acids is 1. The van der Waals surface area contributed by atoms with Crippen LogP contribution < -0.4 is 0 Å². The van der Waals surface area contributed by atoms with E-state index in [4.69, 9.17) is 9.84 Å². The topological polar surface area (TPSA) is 46.5 Å². The fourth-order valence-corrected chi connectivity index (χ4v) is 0.481. The summed E-state index contributed by atoms with van der Waals surface area (Å²) in [7, 11) is 0. The highest BCUT2D eigenvalue weighted by Crippen LogP contribution is 1.97. The molecule has 0 heterocycles. The number of carboxylic acid groups (broad SMARTS) is 1. The van der Waals surface area contributed by atoms with Gasteiger partial charge in [0.1, 0.15) is 0 Å². The SMILES string of the molecule is C/C=C(/OCCC)C(=O)O. The van der Waals surface area contributed by atoms with E-state index in [1.807, 2.05) is 6.92 Å². The summed E-state index contributed by atoms with van der Waals surface area (Å²) in [6, 6.07) is 0. The molecule has 0 aromatic heterocycles. The average Bonchev–Trinajstić information content (AvgIpc) is 1.89. The molecule has 0 aromatic carbocycles. The van der Waals surface area contributed by atoms with Gasteiger partial charge in [0.05, 0.1) is 6.61 Å². The summed E-state index contributed by atoms with van der Waals surface area (Å²) in [6.07, 6.45) is 2.27. The zero-order valence-electron chi connectivity index (χ0n) is 6.26. The summed E-state index contributed by atoms with van der Waals surface area (Å²) < 4.78 is 4.86. The second-order valence-corrected chi connectivity index (χ2v) is 1.81. The normalized spacial score (nSPS) is 11.2. The molecule has 0 aromatic rings. The van der Waals surface area contributed by atoms with Crippen molar-refractivity contribution in [2.24, 2.45) is 0 Å². The first-order valence-electron chi connectivity index (χ1n) is 3.24. The first-order valence-corrected chi connectivity index (χ1v) is 3.24. The van der Waals surface area contributed by atoms with Crippen molar-refractivity contribution in [1.29, 1.82) is 0 Å². The minimum absolute atomic E-state index is 0.0295. The average molecular weight is 144 g/mol. The van der Waals surface area contributed by atoms with E-state index in [1.165, 1.54) is 6.08 Å². The standard InChI is InChI=1S/C7H12O3/c1-3-5-10-6(4-2)7(8)9/h4H,3,5H2,1-2H3,(H,8,9)/b6-4+. The fraction of sp³-hybridized carbons (Fsp3) is 0.571. The number of ether oxygens (including phenoxy) is 1. The van der Waals surface area contributed by atoms with Gasteiger partial charge in [0.2, 0.25) is 0 Å². The highest BCUT2D eigenvalue weighted by atomic mass is 16.5. The van der Waals surface area contributed by atoms with Crippen LogP contribution in [-0.2, 0) is 9.53 Å². The molecule has 0 rings (SSSR count). The maximum Gasteiger partial charge on any atom is 0.370 e. The summed E-state index contributed by atoms with van der Waals surface area (Å²) >= 11 is 0. The molecule has 0 atom stereocenters. The summed E-state index contributed by atoms with van der Waals surface area (Å²) in [5.74, 6) is -0.974. The Morgan fingerprint density at radius 2 is 2.30 bits per heavy atom. The van der Waals surface area contributed by atoms with Crippen molar-refractivity contribution in [1.82, 2.24) is 0 Å². The number of hydrogen-bond acceptors (Lipinski definition) is 2. The molecule has 0 fully saturated rings. The third-order valence-electron chi connectivity index (χ3n) is 0.935. The second-order valence-electron chi connectivity index (χ2n) is 1.81. The van der Waals surface area contributed by atoms with Crippen molar-refractivity contribution in [3.63, 3.8) is 0 Å². The number of rotatable bonds is 4. The van der Waals surface area contributed by atoms with E-state index in [9.17, 15) is 4.79 Å². The molecule has 0 saturated heterocycles. The zero-order chi connectivity index (χ0) is 7.98. The summed E-state index contributed by atoms with van der Waals surface area (Å²) in [5, 5.41) is 8.41. The number of allylic oxidation sites excluding steroid dienone is 1. The fourth-order valence-electron chi connectivity index (χ4n) is 0.481. The minimum atomic E-state index is -1.00. The minimum Gasteiger partial charge on any atom is -0.487 e. The van der Waals surface area contributed by atoms with Gasteiger partial charge in [-0.05, 0) is 19.4 Å². The summed E-state index contributed by atoms with van der Waals surface area (Å²) in [6.45, 7) is 4.03. The van der Waals surface area contributed by atoms with Crippen LogP contribution in [0.4, 0.5) is 0 Å². The Morgan fingerprint density at radius 3 is 2.60 bits per heavy atom. The Kier molecular flexibility index (Phi) is 4.37. The number of carbonyl (C=O) groups is 1. The van der Waals surface area contributed by atoms with Gasteiger partial charge in [-0.15, -0.1) is 0 Å². The summed E-state index contributed by atoms with van der Waals surface area (Å²) in [5.41, 5.74) is 0. The van der Waals surface area contributed by atoms with Crippen LogP contribution in [0.1, 0.15) is 20.3 Å². The number of aliphatic carboxylic acids is 1. The van der Waals surface area contributed by atoms with Crippen molar-refractivity contribution in [3.8, 4) is 0 Å². The molecule has 0 amide bonds. The largest absolute Gasteiger partial charge is 0.487 e. The third-order valence-corrected chi connectivity index (χ3v) is 0.935. The van der Waals surface area contributed by atoms with Crippen LogP contribution in [0.25, 0.3) is 0 Å². The molecule has 3 nitrogen and oxygen atoms in total. The Labute approximate surface area is 60.3 Å². The molecule has 0 aliphatic heterocycles. The lowest BCUT2D eigenvalue weighted by atomic mass is 10.4. The molecule has 0 bridgehead atoms. The molecule has 0 unspecified atom stereocenters. The van der Waals surface area contributed by atoms with E-state index in [2.05, 4.69) is 0 Å². The monoisotopic (exact) mass is 144 g/mol. The Balaban J connectivity index is 3.74. The van der Waals surface area contributed by atoms with Crippen LogP contribution in [0.5, 0.6) is 0 Å². The first kappa shape index (κ1) is 9.01. The van der Waals surface area contributed by atoms with Gasteiger partial charge in [0, 0.05) is 0 Å². The molecule has 3 heteroatoms. The first-order chi connectivity index (χ1) is 4.72. The van der Waals surface area contributed by atoms with Crippen LogP contribution in [0.2, 0.25) is 0 Å². The quantitative estimate of drug-likeness (QED) is 0.479. The van der Waals surface area contributed by atoms with Gasteiger partial charge in [0.25, 0.3) is 0 Å². The highest BCUT2D eigenvalue weighted by molar-refractivity contribution is 5.84. The maximum absolute atomic E-state index is 10.2. The van der Waals surface area contributed by atoms with Gasteiger partial charge in [-0.3, -0.25) is 0 Å². The molecule has 0 aliphatic rings. The van der Waals surface area contributed by atoms with Gasteiger partial charge in [-0.1, -0.05) is 6.92 Å². The van der Waals surface area contributed by atoms with E-state index < -0.39 is 5.97 Å². The van der Waals surface area contributed by atoms with Gasteiger partial charge in [-0.2, -0.15) is 0 Å². The molecule has 0 saturated carbocycles. The van der Waals surface area contributed by atoms with E-state index >= 15 is 0 Å². The van der Waals surface area contributed by atoms with Crippen molar-refractivity contribution in [3.05, 3.63) is 11.8 Å². The molecular formula is C7H12O3. The van der Waals surface area contributed by atoms with Crippen LogP contribution >= 0.6 is 0 Å². The van der Waals surface area contributed by atoms with Crippen LogP contribution in [0.3, 0.4) is 0 Å². The van der Waals surface area contributed by atoms with Crippen LogP contribution in [-0.4, -0.2) is 17.7 Å². The van der Waals surface area contributed by atoms with E-state index in [1.54, 1.807) is 6.92 Å². The zero-order valence-corrected chi connectivity index (χ0v) is 6.26. The van der Waals surface area contributed by atoms with Crippen molar-refractivity contribution >= 4 is 5.97 Å². The van der Waals surface area contributed by atoms with Crippen molar-refractivity contribution in [2.45, 2.75) is 20.3 Å². The molecule has 10 heavy (non-hydrogen) atoms. The second kappa shape index (κ2) is 4.85. The van der Waals surface area contributed by atoms with Crippen LogP contribution in [0.15, 0.2) is 11.8 Å². The van der Waals surface area contributed by atoms with Gasteiger partial charge in [0.15, 0.2) is 5.76 Å². The lowest BCUT2D eigenvalue weighted by Gasteiger charge is -2.02. The Bertz CT molecular complexity index is 138. The Morgan fingerprint density at radius 1 is 1.70 bits per heavy atom. The van der Waals surface area contributed by atoms with E-state index in [0.29, 0.717) is 6.61 Å². The van der Waals surface area contributed by atoms with Crippen molar-refractivity contribution < 1.29 is 14.6 Å². The smallest absolute Gasteiger partial charge is 0.370 e. The lowest BCUT2D eigenvalue weighted by Crippen LogP contribution is -2.04. The molecule has 1 N–H and O–H groups in total. The molecular weight excluding hydrogens is 132 g/mol. The maximum atomic E-state index is 10.2. The molecule has 0 spiro atoms. The third kappa shape index (κ3) is 3.12. The molecule has 0 radical (unpaired) electrons. The predicted molar refractivity (Wildman–Crippen MR) is 37.6 cm³/mol. The Hall–Kier alpha value is -0.990.